The standard InChI is InChI=1S/C17H20FNO5S/c1-22-15-8-12(9-16(23-2)17(15)24-3)10-19-25(20,21)11-13-6-4-5-7-14(13)18/h4-9,19H,10-11H2,1-3H3. The molecule has 25 heavy (non-hydrogen) atoms. The van der Waals surface area contributed by atoms with Gasteiger partial charge in [-0.1, -0.05) is 18.2 Å². The van der Waals surface area contributed by atoms with E-state index in [1.807, 2.05) is 0 Å². The molecule has 0 spiro atoms. The Hall–Kier alpha value is -2.32. The van der Waals surface area contributed by atoms with Crippen molar-refractivity contribution in [2.45, 2.75) is 12.3 Å². The van der Waals surface area contributed by atoms with Gasteiger partial charge in [0.15, 0.2) is 11.5 Å². The van der Waals surface area contributed by atoms with Crippen molar-refractivity contribution in [3.8, 4) is 17.2 Å². The fraction of sp³-hybridized carbons (Fsp3) is 0.294. The summed E-state index contributed by atoms with van der Waals surface area (Å²) in [6.45, 7) is 0.00744. The number of sulfonamides is 1. The summed E-state index contributed by atoms with van der Waals surface area (Å²) >= 11 is 0. The number of hydrogen-bond acceptors (Lipinski definition) is 5. The summed E-state index contributed by atoms with van der Waals surface area (Å²) in [4.78, 5) is 0. The first-order valence-corrected chi connectivity index (χ1v) is 9.05. The van der Waals surface area contributed by atoms with Crippen LogP contribution in [0.2, 0.25) is 0 Å². The summed E-state index contributed by atoms with van der Waals surface area (Å²) in [5.74, 6) is 0.267. The van der Waals surface area contributed by atoms with Crippen LogP contribution in [0, 0.1) is 5.82 Å². The second-order valence-electron chi connectivity index (χ2n) is 5.21. The molecule has 0 fully saturated rings. The van der Waals surface area contributed by atoms with E-state index in [2.05, 4.69) is 4.72 Å². The highest BCUT2D eigenvalue weighted by Crippen LogP contribution is 2.38. The van der Waals surface area contributed by atoms with Gasteiger partial charge in [-0.25, -0.2) is 17.5 Å². The van der Waals surface area contributed by atoms with E-state index in [1.165, 1.54) is 39.5 Å². The molecule has 0 amide bonds. The van der Waals surface area contributed by atoms with Gasteiger partial charge in [-0.15, -0.1) is 0 Å². The van der Waals surface area contributed by atoms with Crippen molar-refractivity contribution in [2.75, 3.05) is 21.3 Å². The molecule has 0 unspecified atom stereocenters. The summed E-state index contributed by atoms with van der Waals surface area (Å²) < 4.78 is 56.1. The Morgan fingerprint density at radius 1 is 1.00 bits per heavy atom. The van der Waals surface area contributed by atoms with Crippen molar-refractivity contribution in [1.29, 1.82) is 0 Å². The van der Waals surface area contributed by atoms with E-state index in [0.29, 0.717) is 22.8 Å². The number of nitrogens with one attached hydrogen (secondary N) is 1. The minimum absolute atomic E-state index is 0.00744. The molecule has 0 saturated carbocycles. The molecule has 0 radical (unpaired) electrons. The van der Waals surface area contributed by atoms with Gasteiger partial charge in [0.05, 0.1) is 27.1 Å². The van der Waals surface area contributed by atoms with Crippen molar-refractivity contribution < 1.29 is 27.0 Å². The molecule has 0 heterocycles. The lowest BCUT2D eigenvalue weighted by atomic mass is 10.2. The molecule has 1 N–H and O–H groups in total. The van der Waals surface area contributed by atoms with E-state index in [9.17, 15) is 12.8 Å². The zero-order valence-electron chi connectivity index (χ0n) is 14.2. The summed E-state index contributed by atoms with van der Waals surface area (Å²) in [7, 11) is 0.721. The maximum Gasteiger partial charge on any atom is 0.216 e. The molecule has 0 aromatic heterocycles. The molecule has 2 rings (SSSR count). The minimum atomic E-state index is -3.71. The van der Waals surface area contributed by atoms with Gasteiger partial charge in [0.2, 0.25) is 15.8 Å². The smallest absolute Gasteiger partial charge is 0.216 e. The molecule has 0 aliphatic carbocycles. The van der Waals surface area contributed by atoms with Crippen molar-refractivity contribution in [3.63, 3.8) is 0 Å². The summed E-state index contributed by atoms with van der Waals surface area (Å²) in [6, 6.07) is 9.06. The zero-order valence-corrected chi connectivity index (χ0v) is 15.0. The maximum atomic E-state index is 13.6. The monoisotopic (exact) mass is 369 g/mol. The van der Waals surface area contributed by atoms with Crippen LogP contribution in [0.1, 0.15) is 11.1 Å². The molecule has 0 atom stereocenters. The van der Waals surface area contributed by atoms with Crippen LogP contribution in [0.3, 0.4) is 0 Å². The maximum absolute atomic E-state index is 13.6. The van der Waals surface area contributed by atoms with E-state index in [0.717, 1.165) is 0 Å². The SMILES string of the molecule is COc1cc(CNS(=O)(=O)Cc2ccccc2F)cc(OC)c1OC. The summed E-state index contributed by atoms with van der Waals surface area (Å²) in [5, 5.41) is 0. The lowest BCUT2D eigenvalue weighted by Crippen LogP contribution is -2.25. The third-order valence-electron chi connectivity index (χ3n) is 3.52. The highest BCUT2D eigenvalue weighted by atomic mass is 32.2. The average molecular weight is 369 g/mol. The predicted octanol–water partition coefficient (Wildman–Crippen LogP) is 2.47. The van der Waals surface area contributed by atoms with Crippen LogP contribution in [0.15, 0.2) is 36.4 Å². The minimum Gasteiger partial charge on any atom is -0.493 e. The van der Waals surface area contributed by atoms with E-state index >= 15 is 0 Å². The van der Waals surface area contributed by atoms with Crippen molar-refractivity contribution in [3.05, 3.63) is 53.3 Å². The van der Waals surface area contributed by atoms with Gasteiger partial charge in [0.25, 0.3) is 0 Å². The lowest BCUT2D eigenvalue weighted by Gasteiger charge is -2.14. The second kappa shape index (κ2) is 8.17. The molecule has 0 aliphatic rings. The molecule has 2 aromatic rings. The number of halogens is 1. The summed E-state index contributed by atoms with van der Waals surface area (Å²) in [5.41, 5.74) is 0.728. The van der Waals surface area contributed by atoms with Crippen molar-refractivity contribution in [1.82, 2.24) is 4.72 Å². The second-order valence-corrected chi connectivity index (χ2v) is 7.01. The fourth-order valence-corrected chi connectivity index (χ4v) is 3.43. The lowest BCUT2D eigenvalue weighted by molar-refractivity contribution is 0.323. The van der Waals surface area contributed by atoms with E-state index in [4.69, 9.17) is 14.2 Å². The number of benzene rings is 2. The van der Waals surface area contributed by atoms with Gasteiger partial charge in [-0.3, -0.25) is 0 Å². The molecular weight excluding hydrogens is 349 g/mol. The highest BCUT2D eigenvalue weighted by Gasteiger charge is 2.17. The fourth-order valence-electron chi connectivity index (χ4n) is 2.30. The van der Waals surface area contributed by atoms with Gasteiger partial charge in [-0.05, 0) is 23.8 Å². The normalized spacial score (nSPS) is 11.2. The molecule has 0 aliphatic heterocycles. The molecule has 0 saturated heterocycles. The van der Waals surface area contributed by atoms with Crippen molar-refractivity contribution >= 4 is 10.0 Å². The van der Waals surface area contributed by atoms with Crippen molar-refractivity contribution in [2.24, 2.45) is 0 Å². The molecule has 8 heteroatoms. The van der Waals surface area contributed by atoms with Gasteiger partial charge in [0, 0.05) is 12.1 Å². The largest absolute Gasteiger partial charge is 0.493 e. The van der Waals surface area contributed by atoms with Gasteiger partial charge < -0.3 is 14.2 Å². The number of ether oxygens (including phenoxy) is 3. The van der Waals surface area contributed by atoms with E-state index in [1.54, 1.807) is 18.2 Å². The Morgan fingerprint density at radius 3 is 2.12 bits per heavy atom. The molecule has 136 valence electrons. The topological polar surface area (TPSA) is 73.9 Å². The Bertz CT molecular complexity index is 814. The van der Waals surface area contributed by atoms with Crippen LogP contribution in [-0.4, -0.2) is 29.7 Å². The third-order valence-corrected chi connectivity index (χ3v) is 4.80. The van der Waals surface area contributed by atoms with Crippen LogP contribution in [0.5, 0.6) is 17.2 Å². The first-order chi connectivity index (χ1) is 11.9. The quantitative estimate of drug-likeness (QED) is 0.774. The van der Waals surface area contributed by atoms with Crippen LogP contribution in [0.25, 0.3) is 0 Å². The number of methoxy groups -OCH3 is 3. The first-order valence-electron chi connectivity index (χ1n) is 7.39. The number of hydrogen-bond donors (Lipinski definition) is 1. The van der Waals surface area contributed by atoms with Gasteiger partial charge in [-0.2, -0.15) is 0 Å². The van der Waals surface area contributed by atoms with E-state index in [-0.39, 0.29) is 12.1 Å². The molecular formula is C17H20FNO5S. The number of rotatable bonds is 8. The average Bonchev–Trinajstić information content (AvgIpc) is 2.60. The first kappa shape index (κ1) is 19.0. The highest BCUT2D eigenvalue weighted by molar-refractivity contribution is 7.88. The van der Waals surface area contributed by atoms with Crippen LogP contribution in [0.4, 0.5) is 4.39 Å². The van der Waals surface area contributed by atoms with Crippen LogP contribution in [-0.2, 0) is 22.3 Å². The molecule has 0 bridgehead atoms. The zero-order chi connectivity index (χ0) is 18.4. The molecule has 2 aromatic carbocycles. The Balaban J connectivity index is 2.16. The molecule has 6 nitrogen and oxygen atoms in total. The third kappa shape index (κ3) is 4.83. The Kier molecular flexibility index (Phi) is 6.22. The van der Waals surface area contributed by atoms with Gasteiger partial charge in [0.1, 0.15) is 5.82 Å². The summed E-state index contributed by atoms with van der Waals surface area (Å²) in [6.07, 6.45) is 0. The van der Waals surface area contributed by atoms with Crippen LogP contribution < -0.4 is 18.9 Å². The predicted molar refractivity (Wildman–Crippen MR) is 92.0 cm³/mol. The van der Waals surface area contributed by atoms with Crippen LogP contribution >= 0.6 is 0 Å². The van der Waals surface area contributed by atoms with Gasteiger partial charge >= 0.3 is 0 Å². The van der Waals surface area contributed by atoms with E-state index < -0.39 is 21.6 Å². The Morgan fingerprint density at radius 2 is 1.60 bits per heavy atom. The Labute approximate surface area is 146 Å².